The van der Waals surface area contributed by atoms with Gasteiger partial charge in [-0.1, -0.05) is 46.4 Å². The van der Waals surface area contributed by atoms with E-state index in [0.29, 0.717) is 24.3 Å². The van der Waals surface area contributed by atoms with Crippen molar-refractivity contribution in [2.75, 3.05) is 33.9 Å². The Labute approximate surface area is 388 Å². The fraction of sp³-hybridized carbons (Fsp3) is 0.837. The van der Waals surface area contributed by atoms with Gasteiger partial charge in [-0.2, -0.15) is 0 Å². The first kappa shape index (κ1) is 54.6. The molecule has 0 saturated carbocycles. The van der Waals surface area contributed by atoms with Crippen molar-refractivity contribution in [3.63, 3.8) is 0 Å². The third kappa shape index (κ3) is 13.0. The Morgan fingerprint density at radius 3 is 2.25 bits per heavy atom. The summed E-state index contributed by atoms with van der Waals surface area (Å²) in [4.78, 5) is 47.0. The average Bonchev–Trinajstić information content (AvgIpc) is 3.24. The van der Waals surface area contributed by atoms with Crippen molar-refractivity contribution in [1.82, 2.24) is 4.90 Å². The largest absolute Gasteiger partial charge is 0.459 e. The van der Waals surface area contributed by atoms with Crippen LogP contribution in [0.4, 0.5) is 0 Å². The minimum absolute atomic E-state index is 0.0141. The normalized spacial score (nSPS) is 43.1. The molecule has 4 heterocycles. The minimum Gasteiger partial charge on any atom is -0.459 e. The Morgan fingerprint density at radius 2 is 1.65 bits per heavy atom. The number of cyclic esters (lactones) is 1. The molecular formula is C49H80N2O14. The molecule has 18 atom stereocenters. The molecule has 65 heavy (non-hydrogen) atoms. The molecule has 16 heteroatoms. The summed E-state index contributed by atoms with van der Waals surface area (Å²) in [7, 11) is 3.60. The number of aliphatic hydroxyl groups is 1. The standard InChI is InChI=1S/C49H80N2O14/c1-18-20-21-51(16)37-22-29(5)59-46(30(37)6)64-42-32(8)41(63-39-24-47(13,56-17)44(34(10)60-39)61-35(11)52)33(9)45(54)62-38(19-2)49(15,55)43-31(7)40(50-65-36(12)53)28(4)23-48(42,14)58-26-27(3)25-57-43/h1,28-34,37-39,41-44,46,55H,3,19-26H2,2,4-17H3/b50-40+/t28-,29-,30-,31+,32+,33-,34+,37+,38-,39?,41?,42?,43?,44+,46?,47-,48-,49-/m1/s1. The first-order valence-electron chi connectivity index (χ1n) is 23.4. The lowest BCUT2D eigenvalue weighted by atomic mass is 9.73. The van der Waals surface area contributed by atoms with E-state index >= 15 is 0 Å². The van der Waals surface area contributed by atoms with Crippen LogP contribution in [0.3, 0.4) is 0 Å². The van der Waals surface area contributed by atoms with Crippen molar-refractivity contribution < 1.29 is 67.0 Å². The highest BCUT2D eigenvalue weighted by Crippen LogP contribution is 2.44. The Hall–Kier alpha value is -2.98. The van der Waals surface area contributed by atoms with Crippen molar-refractivity contribution in [2.24, 2.45) is 34.7 Å². The average molecular weight is 921 g/mol. The van der Waals surface area contributed by atoms with Crippen molar-refractivity contribution in [1.29, 1.82) is 0 Å². The second-order valence-corrected chi connectivity index (χ2v) is 19.9. The van der Waals surface area contributed by atoms with E-state index in [9.17, 15) is 19.5 Å². The molecular weight excluding hydrogens is 841 g/mol. The van der Waals surface area contributed by atoms with E-state index in [1.807, 2.05) is 48.5 Å². The van der Waals surface area contributed by atoms with Crippen molar-refractivity contribution in [3.05, 3.63) is 12.2 Å². The topological polar surface area (TPSA) is 179 Å². The second kappa shape index (κ2) is 22.9. The quantitative estimate of drug-likeness (QED) is 0.0839. The molecule has 2 bridgehead atoms. The number of hydrogen-bond donors (Lipinski definition) is 1. The summed E-state index contributed by atoms with van der Waals surface area (Å²) in [5.41, 5.74) is -3.03. The molecule has 1 N–H and O–H groups in total. The van der Waals surface area contributed by atoms with Gasteiger partial charge in [0, 0.05) is 70.1 Å². The summed E-state index contributed by atoms with van der Waals surface area (Å²) in [5.74, 6) is -1.94. The van der Waals surface area contributed by atoms with E-state index in [2.05, 4.69) is 36.5 Å². The van der Waals surface area contributed by atoms with E-state index in [0.717, 1.165) is 6.42 Å². The second-order valence-electron chi connectivity index (χ2n) is 19.9. The van der Waals surface area contributed by atoms with E-state index < -0.39 is 108 Å². The van der Waals surface area contributed by atoms with Crippen LogP contribution in [0.1, 0.15) is 122 Å². The molecule has 16 nitrogen and oxygen atoms in total. The number of ether oxygens (including phenoxy) is 9. The minimum atomic E-state index is -1.79. The molecule has 0 aromatic heterocycles. The summed E-state index contributed by atoms with van der Waals surface area (Å²) < 4.78 is 59.3. The summed E-state index contributed by atoms with van der Waals surface area (Å²) in [6.45, 7) is 28.2. The Bertz CT molecular complexity index is 1720. The van der Waals surface area contributed by atoms with Crippen LogP contribution in [0.15, 0.2) is 17.3 Å². The molecule has 4 saturated heterocycles. The van der Waals surface area contributed by atoms with Crippen LogP contribution >= 0.6 is 0 Å². The van der Waals surface area contributed by atoms with Gasteiger partial charge in [-0.05, 0) is 73.4 Å². The number of esters is 2. The summed E-state index contributed by atoms with van der Waals surface area (Å²) in [6.07, 6.45) is 0.353. The number of terminal acetylenes is 1. The van der Waals surface area contributed by atoms with Gasteiger partial charge in [0.2, 0.25) is 0 Å². The maximum absolute atomic E-state index is 14.8. The van der Waals surface area contributed by atoms with Gasteiger partial charge >= 0.3 is 17.9 Å². The number of hydrogen-bond acceptors (Lipinski definition) is 16. The van der Waals surface area contributed by atoms with Gasteiger partial charge in [0.05, 0.1) is 61.0 Å². The third-order valence-corrected chi connectivity index (χ3v) is 14.3. The lowest BCUT2D eigenvalue weighted by molar-refractivity contribution is -0.316. The van der Waals surface area contributed by atoms with Crippen LogP contribution in [-0.4, -0.2) is 146 Å². The van der Waals surface area contributed by atoms with E-state index in [1.54, 1.807) is 27.9 Å². The molecule has 0 aromatic carbocycles. The Balaban J connectivity index is 1.99. The highest BCUT2D eigenvalue weighted by atomic mass is 16.7. The summed E-state index contributed by atoms with van der Waals surface area (Å²) in [5, 5.41) is 17.0. The SMILES string of the molecule is C#CCCN(C)[C@H]1C[C@@H](C)OC(OC2[C@@H](C)C(OC3C[C@@](C)(OC)[C@@H](OC(C)=O)[C@H](C)O3)[C@@H](C)C(=O)O[C@H](CC)[C@@](C)(O)C3OCC(=C)CO[C@]2(C)C[C@@H](C)/C(=N\OC(C)=O)[C@@H]3C)[C@@H]1C. The predicted octanol–water partition coefficient (Wildman–Crippen LogP) is 5.99. The molecule has 4 aliphatic heterocycles. The highest BCUT2D eigenvalue weighted by Gasteiger charge is 2.55. The lowest BCUT2D eigenvalue weighted by Crippen LogP contribution is -2.61. The van der Waals surface area contributed by atoms with Crippen LogP contribution in [0.2, 0.25) is 0 Å². The van der Waals surface area contributed by atoms with Gasteiger partial charge in [-0.15, -0.1) is 12.3 Å². The fourth-order valence-corrected chi connectivity index (χ4v) is 10.7. The fourth-order valence-electron chi connectivity index (χ4n) is 10.7. The van der Waals surface area contributed by atoms with E-state index in [4.69, 9.17) is 53.9 Å². The van der Waals surface area contributed by atoms with Crippen molar-refractivity contribution in [2.45, 2.75) is 200 Å². The number of nitrogens with zero attached hydrogens (tertiary/aromatic N) is 2. The smallest absolute Gasteiger partial charge is 0.331 e. The first-order chi connectivity index (χ1) is 30.3. The lowest BCUT2D eigenvalue weighted by Gasteiger charge is -2.51. The summed E-state index contributed by atoms with van der Waals surface area (Å²) in [6, 6.07) is 0.0528. The molecule has 5 unspecified atom stereocenters. The number of oxime groups is 1. The van der Waals surface area contributed by atoms with Crippen LogP contribution in [-0.2, 0) is 61.9 Å². The predicted molar refractivity (Wildman–Crippen MR) is 242 cm³/mol. The van der Waals surface area contributed by atoms with Crippen LogP contribution < -0.4 is 0 Å². The Morgan fingerprint density at radius 1 is 0.969 bits per heavy atom. The van der Waals surface area contributed by atoms with Crippen LogP contribution in [0.5, 0.6) is 0 Å². The molecule has 4 rings (SSSR count). The van der Waals surface area contributed by atoms with Crippen LogP contribution in [0, 0.1) is 41.9 Å². The zero-order valence-electron chi connectivity index (χ0n) is 41.8. The maximum atomic E-state index is 14.8. The molecule has 0 aliphatic carbocycles. The molecule has 370 valence electrons. The number of carbonyl (C=O) groups excluding carboxylic acids is 3. The monoisotopic (exact) mass is 921 g/mol. The number of fused-ring (bicyclic) bond motifs is 5. The van der Waals surface area contributed by atoms with Crippen LogP contribution in [0.25, 0.3) is 0 Å². The third-order valence-electron chi connectivity index (χ3n) is 14.3. The van der Waals surface area contributed by atoms with Crippen molar-refractivity contribution >= 4 is 23.6 Å². The molecule has 0 aromatic rings. The van der Waals surface area contributed by atoms with Gasteiger partial charge in [0.25, 0.3) is 0 Å². The van der Waals surface area contributed by atoms with Gasteiger partial charge in [0.15, 0.2) is 18.7 Å². The molecule has 0 amide bonds. The maximum Gasteiger partial charge on any atom is 0.331 e. The van der Waals surface area contributed by atoms with Gasteiger partial charge < -0.3 is 57.5 Å². The van der Waals surface area contributed by atoms with Gasteiger partial charge in [0.1, 0.15) is 17.3 Å². The zero-order valence-corrected chi connectivity index (χ0v) is 41.8. The molecule has 0 spiro atoms. The Kier molecular flexibility index (Phi) is 19.2. The van der Waals surface area contributed by atoms with Gasteiger partial charge in [-0.3, -0.25) is 9.59 Å². The number of carbonyl (C=O) groups is 3. The van der Waals surface area contributed by atoms with E-state index in [1.165, 1.54) is 13.8 Å². The number of methoxy groups -OCH3 is 1. The van der Waals surface area contributed by atoms with E-state index in [-0.39, 0.29) is 50.5 Å². The zero-order chi connectivity index (χ0) is 48.8. The van der Waals surface area contributed by atoms with Crippen molar-refractivity contribution in [3.8, 4) is 12.3 Å². The number of rotatable bonds is 11. The highest BCUT2D eigenvalue weighted by molar-refractivity contribution is 5.89. The molecule has 0 radical (unpaired) electrons. The summed E-state index contributed by atoms with van der Waals surface area (Å²) >= 11 is 0. The van der Waals surface area contributed by atoms with Gasteiger partial charge in [-0.25, -0.2) is 4.79 Å². The molecule has 4 fully saturated rings. The first-order valence-corrected chi connectivity index (χ1v) is 23.4. The molecule has 4 aliphatic rings.